The van der Waals surface area contributed by atoms with Gasteiger partial charge in [-0.2, -0.15) is 0 Å². The molecule has 132 valence electrons. The highest BCUT2D eigenvalue weighted by molar-refractivity contribution is 6.29. The second kappa shape index (κ2) is 6.57. The molecule has 0 spiro atoms. The van der Waals surface area contributed by atoms with E-state index in [2.05, 4.69) is 32.4 Å². The third-order valence-electron chi connectivity index (χ3n) is 4.94. The van der Waals surface area contributed by atoms with Crippen LogP contribution < -0.4 is 5.32 Å². The number of aromatic amines is 1. The number of rotatable bonds is 3. The van der Waals surface area contributed by atoms with Gasteiger partial charge in [-0.05, 0) is 43.4 Å². The summed E-state index contributed by atoms with van der Waals surface area (Å²) < 4.78 is 0. The average Bonchev–Trinajstić information content (AvgIpc) is 3.14. The SMILES string of the molecule is Cc1[nH]c(C(=O)NC2Cc3ccccc3C2)c(C)c1-c1cc(Cl)ncn1. The Morgan fingerprint density at radius 3 is 2.54 bits per heavy atom. The van der Waals surface area contributed by atoms with Gasteiger partial charge in [0.15, 0.2) is 0 Å². The van der Waals surface area contributed by atoms with E-state index in [1.807, 2.05) is 26.0 Å². The summed E-state index contributed by atoms with van der Waals surface area (Å²) in [5.74, 6) is -0.0881. The lowest BCUT2D eigenvalue weighted by Crippen LogP contribution is -2.35. The van der Waals surface area contributed by atoms with Gasteiger partial charge in [0.25, 0.3) is 5.91 Å². The molecule has 3 aromatic rings. The van der Waals surface area contributed by atoms with Crippen LogP contribution in [0, 0.1) is 13.8 Å². The molecular weight excluding hydrogens is 348 g/mol. The number of carbonyl (C=O) groups excluding carboxylic acids is 1. The molecule has 0 fully saturated rings. The van der Waals surface area contributed by atoms with E-state index < -0.39 is 0 Å². The van der Waals surface area contributed by atoms with Crippen LogP contribution in [0.3, 0.4) is 0 Å². The lowest BCUT2D eigenvalue weighted by atomic mass is 10.1. The predicted molar refractivity (Wildman–Crippen MR) is 101 cm³/mol. The van der Waals surface area contributed by atoms with Crippen LogP contribution >= 0.6 is 11.6 Å². The van der Waals surface area contributed by atoms with Crippen molar-refractivity contribution in [1.29, 1.82) is 0 Å². The van der Waals surface area contributed by atoms with E-state index in [0.29, 0.717) is 16.5 Å². The number of amides is 1. The summed E-state index contributed by atoms with van der Waals surface area (Å²) in [7, 11) is 0. The Morgan fingerprint density at radius 1 is 1.19 bits per heavy atom. The Balaban J connectivity index is 1.57. The first-order valence-electron chi connectivity index (χ1n) is 8.57. The number of hydrogen-bond acceptors (Lipinski definition) is 3. The molecule has 1 aliphatic rings. The minimum absolute atomic E-state index is 0.0881. The summed E-state index contributed by atoms with van der Waals surface area (Å²) >= 11 is 5.99. The highest BCUT2D eigenvalue weighted by Gasteiger charge is 2.25. The zero-order chi connectivity index (χ0) is 18.3. The summed E-state index contributed by atoms with van der Waals surface area (Å²) in [4.78, 5) is 24.3. The van der Waals surface area contributed by atoms with Crippen molar-refractivity contribution in [2.24, 2.45) is 0 Å². The standard InChI is InChI=1S/C20H19ClN4O/c1-11-18(16-9-17(21)23-10-22-16)12(2)24-19(11)20(26)25-15-7-13-5-3-4-6-14(13)8-15/h3-6,9-10,15,24H,7-8H2,1-2H3,(H,25,26). The molecule has 0 saturated carbocycles. The number of benzene rings is 1. The molecule has 0 radical (unpaired) electrons. The molecule has 0 bridgehead atoms. The number of halogens is 1. The molecule has 0 atom stereocenters. The van der Waals surface area contributed by atoms with Gasteiger partial charge in [0.1, 0.15) is 17.2 Å². The fraction of sp³-hybridized carbons (Fsp3) is 0.250. The first-order chi connectivity index (χ1) is 12.5. The third-order valence-corrected chi connectivity index (χ3v) is 5.15. The van der Waals surface area contributed by atoms with Gasteiger partial charge in [0, 0.05) is 23.4 Å². The normalized spacial score (nSPS) is 13.7. The van der Waals surface area contributed by atoms with Crippen LogP contribution in [-0.2, 0) is 12.8 Å². The maximum absolute atomic E-state index is 12.8. The number of nitrogens with one attached hydrogen (secondary N) is 2. The van der Waals surface area contributed by atoms with Crippen LogP contribution in [-0.4, -0.2) is 26.9 Å². The lowest BCUT2D eigenvalue weighted by Gasteiger charge is -2.12. The largest absolute Gasteiger partial charge is 0.354 e. The molecule has 6 heteroatoms. The molecule has 2 heterocycles. The molecule has 2 N–H and O–H groups in total. The van der Waals surface area contributed by atoms with Crippen molar-refractivity contribution in [3.05, 3.63) is 69.9 Å². The summed E-state index contributed by atoms with van der Waals surface area (Å²) in [6.45, 7) is 3.85. The number of aromatic nitrogens is 3. The Bertz CT molecular complexity index is 970. The second-order valence-corrected chi connectivity index (χ2v) is 7.09. The van der Waals surface area contributed by atoms with E-state index >= 15 is 0 Å². The Hall–Kier alpha value is -2.66. The molecule has 0 unspecified atom stereocenters. The summed E-state index contributed by atoms with van der Waals surface area (Å²) in [5.41, 5.74) is 6.56. The van der Waals surface area contributed by atoms with Crippen LogP contribution in [0.15, 0.2) is 36.7 Å². The molecule has 0 aliphatic heterocycles. The van der Waals surface area contributed by atoms with Gasteiger partial charge in [-0.3, -0.25) is 4.79 Å². The van der Waals surface area contributed by atoms with Crippen LogP contribution in [0.1, 0.15) is 32.9 Å². The highest BCUT2D eigenvalue weighted by atomic mass is 35.5. The predicted octanol–water partition coefficient (Wildman–Crippen LogP) is 3.64. The third kappa shape index (κ3) is 2.99. The minimum atomic E-state index is -0.0881. The fourth-order valence-corrected chi connectivity index (χ4v) is 3.90. The van der Waals surface area contributed by atoms with Crippen LogP contribution in [0.2, 0.25) is 5.15 Å². The number of hydrogen-bond donors (Lipinski definition) is 2. The van der Waals surface area contributed by atoms with Crippen molar-refractivity contribution in [1.82, 2.24) is 20.3 Å². The van der Waals surface area contributed by atoms with E-state index in [1.165, 1.54) is 17.5 Å². The summed E-state index contributed by atoms with van der Waals surface area (Å²) in [6, 6.07) is 10.2. The van der Waals surface area contributed by atoms with E-state index in [0.717, 1.165) is 29.7 Å². The molecule has 2 aromatic heterocycles. The van der Waals surface area contributed by atoms with Crippen molar-refractivity contribution in [3.8, 4) is 11.3 Å². The topological polar surface area (TPSA) is 70.7 Å². The Kier molecular flexibility index (Phi) is 4.24. The number of fused-ring (bicyclic) bond motifs is 1. The molecule has 0 saturated heterocycles. The zero-order valence-corrected chi connectivity index (χ0v) is 15.4. The van der Waals surface area contributed by atoms with E-state index in [1.54, 1.807) is 6.07 Å². The number of aryl methyl sites for hydroxylation is 1. The quantitative estimate of drug-likeness (QED) is 0.695. The smallest absolute Gasteiger partial charge is 0.268 e. The first-order valence-corrected chi connectivity index (χ1v) is 8.95. The van der Waals surface area contributed by atoms with Crippen molar-refractivity contribution >= 4 is 17.5 Å². The number of H-pyrrole nitrogens is 1. The molecule has 1 amide bonds. The Morgan fingerprint density at radius 2 is 1.88 bits per heavy atom. The van der Waals surface area contributed by atoms with Crippen molar-refractivity contribution < 1.29 is 4.79 Å². The van der Waals surface area contributed by atoms with Crippen molar-refractivity contribution in [2.75, 3.05) is 0 Å². The fourth-order valence-electron chi connectivity index (χ4n) is 3.75. The lowest BCUT2D eigenvalue weighted by molar-refractivity contribution is 0.0933. The molecule has 5 nitrogen and oxygen atoms in total. The van der Waals surface area contributed by atoms with E-state index in [-0.39, 0.29) is 11.9 Å². The summed E-state index contributed by atoms with van der Waals surface area (Å²) in [6.07, 6.45) is 3.17. The van der Waals surface area contributed by atoms with E-state index in [4.69, 9.17) is 11.6 Å². The number of nitrogens with zero attached hydrogens (tertiary/aromatic N) is 2. The van der Waals surface area contributed by atoms with Gasteiger partial charge in [0.05, 0.1) is 5.69 Å². The molecule has 26 heavy (non-hydrogen) atoms. The van der Waals surface area contributed by atoms with Crippen LogP contribution in [0.4, 0.5) is 0 Å². The van der Waals surface area contributed by atoms with E-state index in [9.17, 15) is 4.79 Å². The van der Waals surface area contributed by atoms with Crippen molar-refractivity contribution in [3.63, 3.8) is 0 Å². The monoisotopic (exact) mass is 366 g/mol. The van der Waals surface area contributed by atoms with Gasteiger partial charge in [-0.25, -0.2) is 9.97 Å². The maximum atomic E-state index is 12.8. The second-order valence-electron chi connectivity index (χ2n) is 6.70. The first kappa shape index (κ1) is 16.8. The van der Waals surface area contributed by atoms with Gasteiger partial charge in [-0.15, -0.1) is 0 Å². The van der Waals surface area contributed by atoms with Gasteiger partial charge in [0.2, 0.25) is 0 Å². The zero-order valence-electron chi connectivity index (χ0n) is 14.6. The summed E-state index contributed by atoms with van der Waals surface area (Å²) in [5, 5.41) is 3.54. The molecule has 4 rings (SSSR count). The van der Waals surface area contributed by atoms with Crippen molar-refractivity contribution in [2.45, 2.75) is 32.7 Å². The maximum Gasteiger partial charge on any atom is 0.268 e. The van der Waals surface area contributed by atoms with Gasteiger partial charge in [-0.1, -0.05) is 35.9 Å². The Labute approximate surface area is 156 Å². The van der Waals surface area contributed by atoms with Gasteiger partial charge < -0.3 is 10.3 Å². The molecule has 1 aliphatic carbocycles. The number of carbonyl (C=O) groups is 1. The molecular formula is C20H19ClN4O. The molecule has 1 aromatic carbocycles. The van der Waals surface area contributed by atoms with Crippen LogP contribution in [0.5, 0.6) is 0 Å². The highest BCUT2D eigenvalue weighted by Crippen LogP contribution is 2.29. The minimum Gasteiger partial charge on any atom is -0.354 e. The average molecular weight is 367 g/mol. The van der Waals surface area contributed by atoms with Crippen LogP contribution in [0.25, 0.3) is 11.3 Å². The van der Waals surface area contributed by atoms with Gasteiger partial charge >= 0.3 is 0 Å².